The van der Waals surface area contributed by atoms with Gasteiger partial charge in [-0.15, -0.1) is 0 Å². The second-order valence-corrected chi connectivity index (χ2v) is 9.71. The molecule has 0 bridgehead atoms. The summed E-state index contributed by atoms with van der Waals surface area (Å²) in [5.41, 5.74) is 1.32. The molecule has 1 atom stereocenters. The van der Waals surface area contributed by atoms with Crippen LogP contribution in [0.15, 0.2) is 35.5 Å². The van der Waals surface area contributed by atoms with Gasteiger partial charge in [0.15, 0.2) is 15.5 Å². The van der Waals surface area contributed by atoms with Crippen molar-refractivity contribution in [2.24, 2.45) is 0 Å². The van der Waals surface area contributed by atoms with Crippen molar-refractivity contribution >= 4 is 44.1 Å². The Balaban J connectivity index is 1.56. The van der Waals surface area contributed by atoms with Crippen LogP contribution < -0.4 is 10.9 Å². The Morgan fingerprint density at radius 3 is 2.86 bits per heavy atom. The minimum absolute atomic E-state index is 0.0178. The third kappa shape index (κ3) is 3.90. The lowest BCUT2D eigenvalue weighted by Gasteiger charge is -2.10. The normalized spacial score (nSPS) is 18.2. The molecule has 11 heteroatoms. The van der Waals surface area contributed by atoms with Gasteiger partial charge in [0.2, 0.25) is 5.91 Å². The highest BCUT2D eigenvalue weighted by Gasteiger charge is 2.31. The molecule has 0 aliphatic carbocycles. The van der Waals surface area contributed by atoms with Gasteiger partial charge in [-0.3, -0.25) is 14.2 Å². The van der Waals surface area contributed by atoms with Gasteiger partial charge in [0.1, 0.15) is 18.3 Å². The van der Waals surface area contributed by atoms with E-state index in [9.17, 15) is 18.0 Å². The number of benzene rings is 1. The van der Waals surface area contributed by atoms with E-state index in [4.69, 9.17) is 11.6 Å². The average Bonchev–Trinajstić information content (AvgIpc) is 3.24. The highest BCUT2D eigenvalue weighted by atomic mass is 35.5. The van der Waals surface area contributed by atoms with Gasteiger partial charge in [0.25, 0.3) is 5.56 Å². The van der Waals surface area contributed by atoms with Gasteiger partial charge in [0, 0.05) is 10.7 Å². The van der Waals surface area contributed by atoms with Gasteiger partial charge in [-0.1, -0.05) is 17.7 Å². The quantitative estimate of drug-likeness (QED) is 0.664. The topological polar surface area (TPSA) is 116 Å². The number of hydrogen-bond acceptors (Lipinski definition) is 6. The van der Waals surface area contributed by atoms with Crippen LogP contribution in [0, 0.1) is 6.92 Å². The number of fused-ring (bicyclic) bond motifs is 1. The zero-order valence-electron chi connectivity index (χ0n) is 15.5. The number of aromatic nitrogens is 4. The van der Waals surface area contributed by atoms with E-state index < -0.39 is 21.3 Å². The summed E-state index contributed by atoms with van der Waals surface area (Å²) in [7, 11) is -3.09. The number of sulfone groups is 1. The first kappa shape index (κ1) is 19.6. The highest BCUT2D eigenvalue weighted by molar-refractivity contribution is 7.91. The van der Waals surface area contributed by atoms with Crippen molar-refractivity contribution < 1.29 is 13.2 Å². The zero-order chi connectivity index (χ0) is 20.8. The minimum Gasteiger partial charge on any atom is -0.324 e. The zero-order valence-corrected chi connectivity index (χ0v) is 17.1. The largest absolute Gasteiger partial charge is 0.324 e. The van der Waals surface area contributed by atoms with Crippen LogP contribution >= 0.6 is 11.6 Å². The van der Waals surface area contributed by atoms with Crippen LogP contribution in [0.25, 0.3) is 11.0 Å². The van der Waals surface area contributed by atoms with Crippen molar-refractivity contribution in [3.05, 3.63) is 51.7 Å². The number of amides is 1. The van der Waals surface area contributed by atoms with Crippen molar-refractivity contribution in [2.75, 3.05) is 16.8 Å². The maximum atomic E-state index is 12.7. The molecule has 1 N–H and O–H groups in total. The highest BCUT2D eigenvalue weighted by Crippen LogP contribution is 2.25. The second-order valence-electron chi connectivity index (χ2n) is 7.07. The monoisotopic (exact) mass is 435 g/mol. The van der Waals surface area contributed by atoms with E-state index in [0.717, 1.165) is 5.56 Å². The molecule has 1 aromatic carbocycles. The fourth-order valence-corrected chi connectivity index (χ4v) is 5.21. The predicted octanol–water partition coefficient (Wildman–Crippen LogP) is 1.55. The SMILES string of the molecule is Cc1ccc(NC(=O)Cn2cnc3c(cnn3C3CCS(=O)(=O)C3)c2=O)cc1Cl. The molecule has 2 aromatic heterocycles. The molecule has 3 heterocycles. The second kappa shape index (κ2) is 7.27. The van der Waals surface area contributed by atoms with E-state index in [0.29, 0.717) is 22.8 Å². The van der Waals surface area contributed by atoms with Crippen LogP contribution in [-0.4, -0.2) is 45.2 Å². The Morgan fingerprint density at radius 2 is 2.17 bits per heavy atom. The van der Waals surface area contributed by atoms with Gasteiger partial charge in [-0.2, -0.15) is 5.10 Å². The van der Waals surface area contributed by atoms with Gasteiger partial charge < -0.3 is 5.32 Å². The lowest BCUT2D eigenvalue weighted by molar-refractivity contribution is -0.116. The van der Waals surface area contributed by atoms with Crippen molar-refractivity contribution in [3.8, 4) is 0 Å². The van der Waals surface area contributed by atoms with E-state index >= 15 is 0 Å². The standard InChI is InChI=1S/C18H18ClN5O4S/c1-11-2-3-12(6-15(11)19)22-16(25)8-23-10-20-17-14(18(23)26)7-21-24(17)13-4-5-29(27,28)9-13/h2-3,6-7,10,13H,4-5,8-9H2,1H3,(H,22,25). The average molecular weight is 436 g/mol. The molecular weight excluding hydrogens is 418 g/mol. The molecule has 9 nitrogen and oxygen atoms in total. The molecule has 1 aliphatic rings. The molecule has 0 saturated carbocycles. The van der Waals surface area contributed by atoms with Gasteiger partial charge in [-0.25, -0.2) is 18.1 Å². The molecule has 1 unspecified atom stereocenters. The molecule has 0 spiro atoms. The molecule has 0 radical (unpaired) electrons. The summed E-state index contributed by atoms with van der Waals surface area (Å²) in [5, 5.41) is 7.64. The summed E-state index contributed by atoms with van der Waals surface area (Å²) < 4.78 is 26.1. The third-order valence-corrected chi connectivity index (χ3v) is 7.06. The Labute approximate surface area is 171 Å². The molecule has 1 fully saturated rings. The number of aryl methyl sites for hydroxylation is 1. The maximum Gasteiger partial charge on any atom is 0.264 e. The van der Waals surface area contributed by atoms with E-state index in [-0.39, 0.29) is 29.5 Å². The summed E-state index contributed by atoms with van der Waals surface area (Å²) in [6, 6.07) is 4.81. The minimum atomic E-state index is -3.09. The van der Waals surface area contributed by atoms with Crippen molar-refractivity contribution in [1.29, 1.82) is 0 Å². The molecule has 1 saturated heterocycles. The van der Waals surface area contributed by atoms with E-state index in [2.05, 4.69) is 15.4 Å². The first-order valence-corrected chi connectivity index (χ1v) is 11.1. The number of carbonyl (C=O) groups is 1. The summed E-state index contributed by atoms with van der Waals surface area (Å²) in [6.07, 6.45) is 3.07. The van der Waals surface area contributed by atoms with Gasteiger partial charge in [-0.05, 0) is 31.0 Å². The van der Waals surface area contributed by atoms with Crippen LogP contribution in [0.4, 0.5) is 5.69 Å². The van der Waals surface area contributed by atoms with Gasteiger partial charge in [0.05, 0.1) is 23.7 Å². The molecule has 1 amide bonds. The van der Waals surface area contributed by atoms with E-state index in [1.807, 2.05) is 6.92 Å². The molecule has 3 aromatic rings. The number of nitrogens with zero attached hydrogens (tertiary/aromatic N) is 4. The lowest BCUT2D eigenvalue weighted by atomic mass is 10.2. The Bertz CT molecular complexity index is 1280. The van der Waals surface area contributed by atoms with Crippen LogP contribution in [0.1, 0.15) is 18.0 Å². The first-order chi connectivity index (χ1) is 13.7. The fourth-order valence-electron chi connectivity index (χ4n) is 3.34. The summed E-state index contributed by atoms with van der Waals surface area (Å²) >= 11 is 6.06. The predicted molar refractivity (Wildman–Crippen MR) is 109 cm³/mol. The van der Waals surface area contributed by atoms with Crippen LogP contribution in [-0.2, 0) is 21.2 Å². The molecule has 4 rings (SSSR count). The number of rotatable bonds is 4. The third-order valence-electron chi connectivity index (χ3n) is 4.90. The number of nitrogens with one attached hydrogen (secondary N) is 1. The lowest BCUT2D eigenvalue weighted by Crippen LogP contribution is -2.28. The Morgan fingerprint density at radius 1 is 1.38 bits per heavy atom. The summed E-state index contributed by atoms with van der Waals surface area (Å²) in [4.78, 5) is 29.3. The molecular formula is C18H18ClN5O4S. The summed E-state index contributed by atoms with van der Waals surface area (Å²) in [6.45, 7) is 1.63. The maximum absolute atomic E-state index is 12.7. The van der Waals surface area contributed by atoms with E-state index in [1.54, 1.807) is 18.2 Å². The molecule has 29 heavy (non-hydrogen) atoms. The van der Waals surface area contributed by atoms with Crippen molar-refractivity contribution in [2.45, 2.75) is 25.9 Å². The Kier molecular flexibility index (Phi) is 4.91. The van der Waals surface area contributed by atoms with Gasteiger partial charge >= 0.3 is 0 Å². The molecule has 1 aliphatic heterocycles. The number of halogens is 1. The molecule has 152 valence electrons. The smallest absolute Gasteiger partial charge is 0.264 e. The van der Waals surface area contributed by atoms with Crippen LogP contribution in [0.2, 0.25) is 5.02 Å². The number of carbonyl (C=O) groups excluding carboxylic acids is 1. The first-order valence-electron chi connectivity index (χ1n) is 8.92. The van der Waals surface area contributed by atoms with Crippen LogP contribution in [0.5, 0.6) is 0 Å². The van der Waals surface area contributed by atoms with E-state index in [1.165, 1.54) is 21.8 Å². The number of hydrogen-bond donors (Lipinski definition) is 1. The summed E-state index contributed by atoms with van der Waals surface area (Å²) in [5.74, 6) is -0.322. The van der Waals surface area contributed by atoms with Crippen molar-refractivity contribution in [1.82, 2.24) is 19.3 Å². The Hall–Kier alpha value is -2.72. The van der Waals surface area contributed by atoms with Crippen molar-refractivity contribution in [3.63, 3.8) is 0 Å². The van der Waals surface area contributed by atoms with Crippen LogP contribution in [0.3, 0.4) is 0 Å². The number of anilines is 1. The fraction of sp³-hybridized carbons (Fsp3) is 0.333.